The number of anilines is 2. The Morgan fingerprint density at radius 3 is 2.68 bits per heavy atom. The van der Waals surface area contributed by atoms with Gasteiger partial charge >= 0.3 is 5.97 Å². The van der Waals surface area contributed by atoms with Crippen LogP contribution in [0.2, 0.25) is 0 Å². The van der Waals surface area contributed by atoms with E-state index >= 15 is 0 Å². The van der Waals surface area contributed by atoms with E-state index in [1.54, 1.807) is 24.3 Å². The Balaban J connectivity index is 2.16. The molecule has 5 nitrogen and oxygen atoms in total. The van der Waals surface area contributed by atoms with E-state index in [0.717, 1.165) is 10.4 Å². The minimum atomic E-state index is -0.423. The number of thiophene rings is 1. The van der Waals surface area contributed by atoms with Crippen LogP contribution in [-0.4, -0.2) is 23.3 Å². The topological polar surface area (TPSA) is 70.6 Å². The van der Waals surface area contributed by atoms with Crippen molar-refractivity contribution in [2.75, 3.05) is 17.7 Å². The van der Waals surface area contributed by atoms with Crippen LogP contribution >= 0.6 is 23.6 Å². The lowest BCUT2D eigenvalue weighted by Crippen LogP contribution is -2.20. The lowest BCUT2D eigenvalue weighted by atomic mass is 10.2. The van der Waals surface area contributed by atoms with Gasteiger partial charge in [0.15, 0.2) is 5.11 Å². The molecular formula is C15H16N2O3S2. The van der Waals surface area contributed by atoms with Gasteiger partial charge in [-0.3, -0.25) is 0 Å². The Kier molecular flexibility index (Phi) is 4.99. The van der Waals surface area contributed by atoms with Gasteiger partial charge in [0.2, 0.25) is 0 Å². The first kappa shape index (κ1) is 16.3. The van der Waals surface area contributed by atoms with Crippen LogP contribution in [0.3, 0.4) is 0 Å². The quantitative estimate of drug-likeness (QED) is 0.451. The molecule has 3 N–H and O–H groups in total. The first-order valence-electron chi connectivity index (χ1n) is 6.47. The Morgan fingerprint density at radius 1 is 1.27 bits per heavy atom. The lowest BCUT2D eigenvalue weighted by molar-refractivity contribution is 0.0602. The Hall–Kier alpha value is -2.12. The number of carbonyl (C=O) groups excluding carboxylic acids is 1. The molecule has 116 valence electrons. The van der Waals surface area contributed by atoms with Gasteiger partial charge in [-0.15, -0.1) is 11.3 Å². The largest absolute Gasteiger partial charge is 0.506 e. The third-order valence-electron chi connectivity index (χ3n) is 2.89. The number of phenolic OH excluding ortho intramolecular Hbond substituents is 1. The molecule has 2 aromatic rings. The van der Waals surface area contributed by atoms with Crippen molar-refractivity contribution in [2.45, 2.75) is 13.8 Å². The highest BCUT2D eigenvalue weighted by atomic mass is 32.1. The minimum absolute atomic E-state index is 0.102. The molecule has 0 aliphatic rings. The standard InChI is InChI=1S/C15H16N2O3S2/c1-8-4-5-12(18)11(6-8)16-15(21)17-13-10(14(19)20-3)7-9(2)22-13/h4-7,18H,1-3H3,(H2,16,17,21). The van der Waals surface area contributed by atoms with Crippen LogP contribution in [0.15, 0.2) is 24.3 Å². The van der Waals surface area contributed by atoms with Crippen LogP contribution in [0.5, 0.6) is 5.75 Å². The van der Waals surface area contributed by atoms with Gasteiger partial charge in [-0.1, -0.05) is 6.07 Å². The number of methoxy groups -OCH3 is 1. The van der Waals surface area contributed by atoms with E-state index in [0.29, 0.717) is 16.3 Å². The van der Waals surface area contributed by atoms with Crippen LogP contribution < -0.4 is 10.6 Å². The number of thiocarbonyl (C=S) groups is 1. The van der Waals surface area contributed by atoms with Gasteiger partial charge in [0, 0.05) is 4.88 Å². The van der Waals surface area contributed by atoms with Gasteiger partial charge in [0.1, 0.15) is 10.8 Å². The van der Waals surface area contributed by atoms with Crippen LogP contribution in [0.4, 0.5) is 10.7 Å². The van der Waals surface area contributed by atoms with Crippen molar-refractivity contribution in [1.82, 2.24) is 0 Å². The first-order valence-corrected chi connectivity index (χ1v) is 7.69. The maximum absolute atomic E-state index is 11.7. The summed E-state index contributed by atoms with van der Waals surface area (Å²) < 4.78 is 4.75. The summed E-state index contributed by atoms with van der Waals surface area (Å²) >= 11 is 6.64. The third-order valence-corrected chi connectivity index (χ3v) is 4.06. The second-order valence-electron chi connectivity index (χ2n) is 4.69. The minimum Gasteiger partial charge on any atom is -0.506 e. The highest BCUT2D eigenvalue weighted by Gasteiger charge is 2.16. The Labute approximate surface area is 137 Å². The second kappa shape index (κ2) is 6.76. The summed E-state index contributed by atoms with van der Waals surface area (Å²) in [4.78, 5) is 12.7. The smallest absolute Gasteiger partial charge is 0.340 e. The molecule has 0 aliphatic carbocycles. The van der Waals surface area contributed by atoms with Gasteiger partial charge in [0.25, 0.3) is 0 Å². The molecule has 1 aromatic carbocycles. The SMILES string of the molecule is COC(=O)c1cc(C)sc1NC(=S)Nc1cc(C)ccc1O. The van der Waals surface area contributed by atoms with Crippen LogP contribution in [-0.2, 0) is 4.74 Å². The van der Waals surface area contributed by atoms with E-state index in [9.17, 15) is 9.90 Å². The lowest BCUT2D eigenvalue weighted by Gasteiger charge is -2.12. The molecule has 0 bridgehead atoms. The van der Waals surface area contributed by atoms with E-state index in [4.69, 9.17) is 17.0 Å². The summed E-state index contributed by atoms with van der Waals surface area (Å²) in [5.74, 6) is -0.321. The molecule has 0 aliphatic heterocycles. The van der Waals surface area contributed by atoms with Crippen molar-refractivity contribution in [1.29, 1.82) is 0 Å². The zero-order valence-corrected chi connectivity index (χ0v) is 14.0. The molecule has 0 spiro atoms. The maximum Gasteiger partial charge on any atom is 0.340 e. The normalized spacial score (nSPS) is 10.1. The monoisotopic (exact) mass is 336 g/mol. The highest BCUT2D eigenvalue weighted by molar-refractivity contribution is 7.80. The summed E-state index contributed by atoms with van der Waals surface area (Å²) in [5.41, 5.74) is 1.93. The number of ether oxygens (including phenoxy) is 1. The maximum atomic E-state index is 11.7. The summed E-state index contributed by atoms with van der Waals surface area (Å²) in [7, 11) is 1.33. The number of nitrogens with one attached hydrogen (secondary N) is 2. The van der Waals surface area contributed by atoms with E-state index in [2.05, 4.69) is 10.6 Å². The summed E-state index contributed by atoms with van der Waals surface area (Å²) in [6, 6.07) is 6.92. The van der Waals surface area contributed by atoms with Crippen molar-refractivity contribution >= 4 is 45.3 Å². The van der Waals surface area contributed by atoms with E-state index < -0.39 is 5.97 Å². The average Bonchev–Trinajstić information content (AvgIpc) is 2.82. The van der Waals surface area contributed by atoms with Gasteiger partial charge in [-0.25, -0.2) is 4.79 Å². The van der Waals surface area contributed by atoms with Gasteiger partial charge in [-0.2, -0.15) is 0 Å². The first-order chi connectivity index (χ1) is 10.4. The molecule has 0 saturated carbocycles. The summed E-state index contributed by atoms with van der Waals surface area (Å²) in [5, 5.41) is 16.6. The van der Waals surface area contributed by atoms with E-state index in [-0.39, 0.29) is 10.9 Å². The second-order valence-corrected chi connectivity index (χ2v) is 6.36. The molecule has 2 rings (SSSR count). The molecule has 0 atom stereocenters. The number of benzene rings is 1. The van der Waals surface area contributed by atoms with Crippen molar-refractivity contribution in [3.63, 3.8) is 0 Å². The fourth-order valence-electron chi connectivity index (χ4n) is 1.88. The van der Waals surface area contributed by atoms with Crippen LogP contribution in [0.25, 0.3) is 0 Å². The number of rotatable bonds is 3. The Morgan fingerprint density at radius 2 is 2.00 bits per heavy atom. The van der Waals surface area contributed by atoms with Crippen LogP contribution in [0.1, 0.15) is 20.8 Å². The molecule has 1 heterocycles. The van der Waals surface area contributed by atoms with Crippen molar-refractivity contribution in [2.24, 2.45) is 0 Å². The average molecular weight is 336 g/mol. The number of aryl methyl sites for hydroxylation is 2. The highest BCUT2D eigenvalue weighted by Crippen LogP contribution is 2.29. The molecule has 0 saturated heterocycles. The molecule has 1 aromatic heterocycles. The number of hydrogen-bond acceptors (Lipinski definition) is 5. The Bertz CT molecular complexity index is 726. The van der Waals surface area contributed by atoms with E-state index in [1.165, 1.54) is 18.4 Å². The van der Waals surface area contributed by atoms with Gasteiger partial charge in [-0.05, 0) is 49.8 Å². The van der Waals surface area contributed by atoms with Crippen LogP contribution in [0, 0.1) is 13.8 Å². The molecule has 0 radical (unpaired) electrons. The van der Waals surface area contributed by atoms with E-state index in [1.807, 2.05) is 13.8 Å². The predicted octanol–water partition coefficient (Wildman–Crippen LogP) is 3.67. The summed E-state index contributed by atoms with van der Waals surface area (Å²) in [6.07, 6.45) is 0. The number of esters is 1. The molecular weight excluding hydrogens is 320 g/mol. The van der Waals surface area contributed by atoms with Crippen molar-refractivity contribution < 1.29 is 14.6 Å². The van der Waals surface area contributed by atoms with Crippen molar-refractivity contribution in [3.05, 3.63) is 40.3 Å². The molecule has 0 fully saturated rings. The van der Waals surface area contributed by atoms with Gasteiger partial charge < -0.3 is 20.5 Å². The number of hydrogen-bond donors (Lipinski definition) is 3. The zero-order chi connectivity index (χ0) is 16.3. The fraction of sp³-hybridized carbons (Fsp3) is 0.200. The fourth-order valence-corrected chi connectivity index (χ4v) is 3.06. The number of carbonyl (C=O) groups is 1. The van der Waals surface area contributed by atoms with Crippen molar-refractivity contribution in [3.8, 4) is 5.75 Å². The molecule has 22 heavy (non-hydrogen) atoms. The molecule has 0 amide bonds. The summed E-state index contributed by atoms with van der Waals surface area (Å²) in [6.45, 7) is 3.81. The number of aromatic hydroxyl groups is 1. The third kappa shape index (κ3) is 3.75. The zero-order valence-electron chi connectivity index (χ0n) is 12.4. The molecule has 0 unspecified atom stereocenters. The van der Waals surface area contributed by atoms with Gasteiger partial charge in [0.05, 0.1) is 18.4 Å². The number of phenols is 1. The predicted molar refractivity (Wildman–Crippen MR) is 93.1 cm³/mol. The molecule has 7 heteroatoms.